The third kappa shape index (κ3) is 7.82. The van der Waals surface area contributed by atoms with E-state index in [1.165, 1.54) is 0 Å². The summed E-state index contributed by atoms with van der Waals surface area (Å²) in [6.07, 6.45) is 11.6. The van der Waals surface area contributed by atoms with Crippen molar-refractivity contribution in [1.82, 2.24) is 29.7 Å². The fourth-order valence-corrected chi connectivity index (χ4v) is 9.19. The highest BCUT2D eigenvalue weighted by Crippen LogP contribution is 2.35. The lowest BCUT2D eigenvalue weighted by molar-refractivity contribution is -0.490. The Balaban J connectivity index is 0.942. The third-order valence-electron chi connectivity index (χ3n) is 11.5. The molecule has 306 valence electrons. The minimum absolute atomic E-state index is 0.0896. The Bertz CT molecular complexity index is 2570. The van der Waals surface area contributed by atoms with Gasteiger partial charge in [-0.25, -0.2) is 14.6 Å². The summed E-state index contributed by atoms with van der Waals surface area (Å²) < 4.78 is 17.1. The molecule has 9 rings (SSSR count). The molecule has 0 spiro atoms. The first-order valence-electron chi connectivity index (χ1n) is 20.8. The van der Waals surface area contributed by atoms with Gasteiger partial charge in [-0.1, -0.05) is 0 Å². The van der Waals surface area contributed by atoms with Crippen LogP contribution in [0.15, 0.2) is 55.0 Å². The van der Waals surface area contributed by atoms with E-state index in [4.69, 9.17) is 29.5 Å². The van der Waals surface area contributed by atoms with Crippen molar-refractivity contribution in [2.75, 3.05) is 16.0 Å². The number of amides is 2. The van der Waals surface area contributed by atoms with Crippen LogP contribution in [-0.4, -0.2) is 97.8 Å². The van der Waals surface area contributed by atoms with Crippen LogP contribution in [0.1, 0.15) is 98.6 Å². The molecule has 2 amide bonds. The Hall–Kier alpha value is -5.99. The van der Waals surface area contributed by atoms with Crippen molar-refractivity contribution in [3.8, 4) is 5.69 Å². The van der Waals surface area contributed by atoms with Crippen LogP contribution in [0.25, 0.3) is 27.5 Å². The number of fused-ring (bicyclic) bond motifs is 4. The van der Waals surface area contributed by atoms with Crippen molar-refractivity contribution in [1.29, 1.82) is 0 Å². The van der Waals surface area contributed by atoms with Crippen molar-refractivity contribution in [2.24, 2.45) is 0 Å². The van der Waals surface area contributed by atoms with Gasteiger partial charge in [0.2, 0.25) is 0 Å². The number of carbonyl (C=O) groups excluding carboxylic acids is 2. The number of hydrogen-bond donors (Lipinski definition) is 3. The van der Waals surface area contributed by atoms with Crippen LogP contribution in [0.5, 0.6) is 0 Å². The SMILES string of the molecule is Cc1cc(Nc2cc3ncccc3c(N[C@@H]3CC4=[N+](C(=O)OC(C)(C)C)[C@@H](CC4)C3)n2)nn1-c1cnc(N[C@@H]2CC3=[N+](C(=O)OC(C)(C)C)[C@@H](CC3)C2)c2cccnc12. The molecular formula is C44H53N11O4+2. The van der Waals surface area contributed by atoms with E-state index in [9.17, 15) is 9.59 Å². The van der Waals surface area contributed by atoms with Crippen molar-refractivity contribution >= 4 is 68.7 Å². The molecule has 0 aromatic carbocycles. The molecule has 0 fully saturated rings. The van der Waals surface area contributed by atoms with Gasteiger partial charge < -0.3 is 25.4 Å². The summed E-state index contributed by atoms with van der Waals surface area (Å²) in [7, 11) is 0. The molecule has 4 aliphatic heterocycles. The molecule has 4 bridgehead atoms. The van der Waals surface area contributed by atoms with Gasteiger partial charge in [0.25, 0.3) is 0 Å². The van der Waals surface area contributed by atoms with E-state index in [1.807, 2.05) is 105 Å². The van der Waals surface area contributed by atoms with Crippen molar-refractivity contribution in [2.45, 2.75) is 135 Å². The number of hydrogen-bond acceptors (Lipinski definition) is 12. The zero-order chi connectivity index (χ0) is 41.2. The monoisotopic (exact) mass is 799 g/mol. The topological polar surface area (TPSA) is 164 Å². The predicted molar refractivity (Wildman–Crippen MR) is 227 cm³/mol. The van der Waals surface area contributed by atoms with Gasteiger partial charge in [0.1, 0.15) is 39.9 Å². The number of anilines is 4. The standard InChI is InChI=1S/C44H53N11O4/c1-25-18-37(50-36-23-34-32(10-8-16-45-34)40(51-36)49-27-21-30-14-15-31(22-27)54(30)42(57)59-44(5,6)7)52-55(25)35-24-47-39(33-11-9-17-46-38(33)35)48-26-19-28-12-13-29(20-26)53(28)41(56)58-43(2,3)4/h8-11,16-18,23-24,26-28,30H,12-15,19-22H2,1-7H3,(H,47,48)(H2,49,50,51,52)/q+2/t26-,27-,28-,30-/m0/s1. The molecule has 0 saturated carbocycles. The van der Waals surface area contributed by atoms with E-state index in [0.29, 0.717) is 11.6 Å². The summed E-state index contributed by atoms with van der Waals surface area (Å²) in [6, 6.07) is 12.2. The first-order valence-corrected chi connectivity index (χ1v) is 20.8. The number of pyridine rings is 4. The molecule has 5 aromatic heterocycles. The normalized spacial score (nSPS) is 21.6. The van der Waals surface area contributed by atoms with E-state index in [2.05, 4.69) is 20.9 Å². The second-order valence-electron chi connectivity index (χ2n) is 18.3. The van der Waals surface area contributed by atoms with Crippen LogP contribution >= 0.6 is 0 Å². The lowest BCUT2D eigenvalue weighted by Crippen LogP contribution is -2.43. The zero-order valence-electron chi connectivity index (χ0n) is 34.9. The maximum Gasteiger partial charge on any atom is 0.597 e. The molecule has 59 heavy (non-hydrogen) atoms. The van der Waals surface area contributed by atoms with Crippen LogP contribution < -0.4 is 16.0 Å². The minimum Gasteiger partial charge on any atom is -0.406 e. The van der Waals surface area contributed by atoms with Crippen molar-refractivity contribution in [3.63, 3.8) is 0 Å². The number of aryl methyl sites for hydroxylation is 1. The number of nitrogens with one attached hydrogen (secondary N) is 3. The van der Waals surface area contributed by atoms with Crippen LogP contribution in [0.2, 0.25) is 0 Å². The molecule has 4 atom stereocenters. The van der Waals surface area contributed by atoms with Gasteiger partial charge in [0.05, 0.1) is 11.7 Å². The molecule has 15 heteroatoms. The lowest BCUT2D eigenvalue weighted by atomic mass is 10.0. The molecule has 15 nitrogen and oxygen atoms in total. The van der Waals surface area contributed by atoms with Crippen LogP contribution in [0.3, 0.4) is 0 Å². The minimum atomic E-state index is -0.543. The Kier molecular flexibility index (Phi) is 9.59. The number of ether oxygens (including phenoxy) is 2. The first-order chi connectivity index (χ1) is 28.2. The summed E-state index contributed by atoms with van der Waals surface area (Å²) in [4.78, 5) is 45.6. The Morgan fingerprint density at radius 3 is 1.97 bits per heavy atom. The first kappa shape index (κ1) is 38.5. The highest BCUT2D eigenvalue weighted by molar-refractivity contribution is 5.95. The lowest BCUT2D eigenvalue weighted by Gasteiger charge is -2.25. The molecule has 9 heterocycles. The average molecular weight is 800 g/mol. The zero-order valence-corrected chi connectivity index (χ0v) is 34.9. The Morgan fingerprint density at radius 2 is 1.36 bits per heavy atom. The van der Waals surface area contributed by atoms with Gasteiger partial charge in [-0.3, -0.25) is 9.97 Å². The maximum absolute atomic E-state index is 13.1. The summed E-state index contributed by atoms with van der Waals surface area (Å²) in [5.74, 6) is 2.71. The van der Waals surface area contributed by atoms with Gasteiger partial charge in [-0.15, -0.1) is 14.2 Å². The van der Waals surface area contributed by atoms with Crippen molar-refractivity contribution in [3.05, 3.63) is 60.7 Å². The van der Waals surface area contributed by atoms with Crippen LogP contribution in [-0.2, 0) is 9.47 Å². The van der Waals surface area contributed by atoms with E-state index >= 15 is 0 Å². The molecule has 0 aliphatic carbocycles. The van der Waals surface area contributed by atoms with Gasteiger partial charge in [0, 0.05) is 104 Å². The largest absolute Gasteiger partial charge is 0.597 e. The second-order valence-corrected chi connectivity index (χ2v) is 18.3. The molecule has 0 saturated heterocycles. The molecular weight excluding hydrogens is 747 g/mol. The van der Waals surface area contributed by atoms with E-state index in [-0.39, 0.29) is 36.4 Å². The quantitative estimate of drug-likeness (QED) is 0.136. The van der Waals surface area contributed by atoms with Gasteiger partial charge in [-0.05, 0) is 72.7 Å². The van der Waals surface area contributed by atoms with Crippen molar-refractivity contribution < 1.29 is 28.2 Å². The Labute approximate surface area is 343 Å². The maximum atomic E-state index is 13.1. The summed E-state index contributed by atoms with van der Waals surface area (Å²) in [5, 5.41) is 17.6. The summed E-state index contributed by atoms with van der Waals surface area (Å²) in [5.41, 5.74) is 4.37. The van der Waals surface area contributed by atoms with Gasteiger partial charge in [-0.2, -0.15) is 9.59 Å². The van der Waals surface area contributed by atoms with E-state index in [0.717, 1.165) is 108 Å². The number of carbonyl (C=O) groups is 2. The van der Waals surface area contributed by atoms with E-state index < -0.39 is 11.2 Å². The number of nitrogens with zero attached hydrogens (tertiary/aromatic N) is 8. The number of aromatic nitrogens is 6. The smallest absolute Gasteiger partial charge is 0.406 e. The highest BCUT2D eigenvalue weighted by Gasteiger charge is 2.48. The summed E-state index contributed by atoms with van der Waals surface area (Å²) >= 11 is 0. The molecule has 5 aromatic rings. The summed E-state index contributed by atoms with van der Waals surface area (Å²) in [6.45, 7) is 13.4. The van der Waals surface area contributed by atoms with Gasteiger partial charge in [0.15, 0.2) is 29.3 Å². The van der Waals surface area contributed by atoms with Crippen LogP contribution in [0.4, 0.5) is 32.9 Å². The average Bonchev–Trinajstić information content (AvgIpc) is 3.77. The highest BCUT2D eigenvalue weighted by atomic mass is 16.6. The molecule has 0 unspecified atom stereocenters. The van der Waals surface area contributed by atoms with Crippen LogP contribution in [0, 0.1) is 6.92 Å². The fourth-order valence-electron chi connectivity index (χ4n) is 9.19. The third-order valence-corrected chi connectivity index (χ3v) is 11.5. The fraction of sp³-hybridized carbons (Fsp3) is 0.477. The van der Waals surface area contributed by atoms with Gasteiger partial charge >= 0.3 is 12.2 Å². The second kappa shape index (κ2) is 14.7. The Morgan fingerprint density at radius 1 is 0.763 bits per heavy atom. The van der Waals surface area contributed by atoms with E-state index in [1.54, 1.807) is 12.4 Å². The predicted octanol–water partition coefficient (Wildman–Crippen LogP) is 8.06. The number of rotatable bonds is 7. The molecule has 0 radical (unpaired) electrons. The molecule has 3 N–H and O–H groups in total. The molecule has 4 aliphatic rings.